The highest BCUT2D eigenvalue weighted by molar-refractivity contribution is 6.04. The third kappa shape index (κ3) is 3.50. The van der Waals surface area contributed by atoms with Gasteiger partial charge in [0.05, 0.1) is 6.61 Å². The van der Waals surface area contributed by atoms with Crippen molar-refractivity contribution in [2.45, 2.75) is 19.4 Å². The van der Waals surface area contributed by atoms with Crippen LogP contribution in [0, 0.1) is 0 Å². The maximum absolute atomic E-state index is 12.5. The van der Waals surface area contributed by atoms with E-state index in [1.165, 1.54) is 0 Å². The normalized spacial score (nSPS) is 12.9. The molecule has 0 fully saturated rings. The van der Waals surface area contributed by atoms with Crippen LogP contribution >= 0.6 is 0 Å². The Hall–Kier alpha value is -3.13. The molecule has 0 bridgehead atoms. The lowest BCUT2D eigenvalue weighted by molar-refractivity contribution is 0.0716. The molecular formula is C20H22N4O4. The second kappa shape index (κ2) is 7.47. The van der Waals surface area contributed by atoms with Gasteiger partial charge in [-0.3, -0.25) is 14.3 Å². The summed E-state index contributed by atoms with van der Waals surface area (Å²) in [6.07, 6.45) is 2.03. The van der Waals surface area contributed by atoms with E-state index in [1.54, 1.807) is 43.3 Å². The van der Waals surface area contributed by atoms with E-state index in [1.807, 2.05) is 10.7 Å². The summed E-state index contributed by atoms with van der Waals surface area (Å²) >= 11 is 0. The van der Waals surface area contributed by atoms with E-state index in [0.29, 0.717) is 30.1 Å². The van der Waals surface area contributed by atoms with Gasteiger partial charge < -0.3 is 19.4 Å². The van der Waals surface area contributed by atoms with E-state index in [0.717, 1.165) is 30.5 Å². The van der Waals surface area contributed by atoms with Crippen molar-refractivity contribution in [3.05, 3.63) is 47.5 Å². The third-order valence-electron chi connectivity index (χ3n) is 4.86. The first-order valence-electron chi connectivity index (χ1n) is 9.21. The number of aromatic nitrogens is 2. The molecule has 0 saturated heterocycles. The van der Waals surface area contributed by atoms with E-state index in [2.05, 4.69) is 10.4 Å². The summed E-state index contributed by atoms with van der Waals surface area (Å²) in [6.45, 7) is 1.79. The summed E-state index contributed by atoms with van der Waals surface area (Å²) in [7, 11) is 3.29. The fraction of sp³-hybridized carbons (Fsp3) is 0.350. The van der Waals surface area contributed by atoms with Crippen molar-refractivity contribution in [2.75, 3.05) is 32.6 Å². The number of furan rings is 1. The monoisotopic (exact) mass is 382 g/mol. The van der Waals surface area contributed by atoms with E-state index in [4.69, 9.17) is 9.15 Å². The van der Waals surface area contributed by atoms with Crippen LogP contribution in [0.4, 0.5) is 5.69 Å². The molecule has 8 nitrogen and oxygen atoms in total. The van der Waals surface area contributed by atoms with Crippen molar-refractivity contribution in [1.29, 1.82) is 0 Å². The van der Waals surface area contributed by atoms with Crippen molar-refractivity contribution in [2.24, 2.45) is 0 Å². The molecule has 28 heavy (non-hydrogen) atoms. The molecule has 4 rings (SSSR count). The average molecular weight is 382 g/mol. The number of aryl methyl sites for hydroxylation is 2. The quantitative estimate of drug-likeness (QED) is 0.708. The summed E-state index contributed by atoms with van der Waals surface area (Å²) in [5.41, 5.74) is 2.72. The number of hydrogen-bond donors (Lipinski definition) is 1. The number of nitrogens with zero attached hydrogens (tertiary/aromatic N) is 3. The number of methoxy groups -OCH3 is 1. The number of fused-ring (bicyclic) bond motifs is 2. The average Bonchev–Trinajstić information content (AvgIpc) is 3.38. The lowest BCUT2D eigenvalue weighted by Crippen LogP contribution is -2.29. The highest BCUT2D eigenvalue weighted by Crippen LogP contribution is 2.24. The van der Waals surface area contributed by atoms with Gasteiger partial charge in [0.2, 0.25) is 0 Å². The number of benzene rings is 1. The van der Waals surface area contributed by atoms with Crippen molar-refractivity contribution < 1.29 is 18.7 Å². The fourth-order valence-corrected chi connectivity index (χ4v) is 3.31. The Kier molecular flexibility index (Phi) is 4.87. The van der Waals surface area contributed by atoms with Crippen LogP contribution in [0.25, 0.3) is 11.0 Å². The molecule has 2 aromatic heterocycles. The van der Waals surface area contributed by atoms with E-state index in [-0.39, 0.29) is 17.6 Å². The molecule has 1 N–H and O–H groups in total. The number of hydrogen-bond acceptors (Lipinski definition) is 5. The van der Waals surface area contributed by atoms with Crippen molar-refractivity contribution in [1.82, 2.24) is 14.7 Å². The number of carbonyl (C=O) groups is 2. The smallest absolute Gasteiger partial charge is 0.289 e. The van der Waals surface area contributed by atoms with Gasteiger partial charge in [-0.15, -0.1) is 0 Å². The van der Waals surface area contributed by atoms with E-state index < -0.39 is 0 Å². The van der Waals surface area contributed by atoms with Gasteiger partial charge in [-0.1, -0.05) is 0 Å². The lowest BCUT2D eigenvalue weighted by Gasteiger charge is -2.14. The molecule has 1 aliphatic heterocycles. The van der Waals surface area contributed by atoms with Crippen LogP contribution in [0.5, 0.6) is 0 Å². The van der Waals surface area contributed by atoms with Gasteiger partial charge in [-0.05, 0) is 43.2 Å². The SMILES string of the molecule is COCCN(C)C(=O)c1cc2cc(NC(=O)c3cc4n(n3)CCC4)ccc2o1. The molecule has 0 saturated carbocycles. The highest BCUT2D eigenvalue weighted by Gasteiger charge is 2.19. The van der Waals surface area contributed by atoms with Crippen LogP contribution in [0.1, 0.15) is 33.2 Å². The Morgan fingerprint density at radius 1 is 1.32 bits per heavy atom. The van der Waals surface area contributed by atoms with Crippen LogP contribution in [0.15, 0.2) is 34.7 Å². The van der Waals surface area contributed by atoms with Gasteiger partial charge in [0.25, 0.3) is 11.8 Å². The predicted octanol–water partition coefficient (Wildman–Crippen LogP) is 2.55. The Bertz CT molecular complexity index is 1010. The summed E-state index contributed by atoms with van der Waals surface area (Å²) in [5, 5.41) is 7.95. The maximum atomic E-state index is 12.5. The third-order valence-corrected chi connectivity index (χ3v) is 4.86. The summed E-state index contributed by atoms with van der Waals surface area (Å²) < 4.78 is 12.5. The van der Waals surface area contributed by atoms with Crippen LogP contribution in [0.3, 0.4) is 0 Å². The zero-order chi connectivity index (χ0) is 19.7. The number of amides is 2. The van der Waals surface area contributed by atoms with Crippen LogP contribution < -0.4 is 5.32 Å². The second-order valence-electron chi connectivity index (χ2n) is 6.88. The van der Waals surface area contributed by atoms with Crippen LogP contribution in [0.2, 0.25) is 0 Å². The number of nitrogens with one attached hydrogen (secondary N) is 1. The lowest BCUT2D eigenvalue weighted by atomic mass is 10.2. The van der Waals surface area contributed by atoms with E-state index >= 15 is 0 Å². The number of ether oxygens (including phenoxy) is 1. The topological polar surface area (TPSA) is 89.6 Å². The van der Waals surface area contributed by atoms with E-state index in [9.17, 15) is 9.59 Å². The minimum Gasteiger partial charge on any atom is -0.451 e. The molecule has 146 valence electrons. The molecule has 3 aromatic rings. The van der Waals surface area contributed by atoms with Crippen LogP contribution in [-0.4, -0.2) is 53.8 Å². The number of anilines is 1. The first-order valence-corrected chi connectivity index (χ1v) is 9.21. The molecule has 8 heteroatoms. The van der Waals surface area contributed by atoms with Crippen LogP contribution in [-0.2, 0) is 17.7 Å². The standard InChI is InChI=1S/C20H22N4O4/c1-23(8-9-27-2)20(26)18-11-13-10-14(5-6-17(13)28-18)21-19(25)16-12-15-4-3-7-24(15)22-16/h5-6,10-12H,3-4,7-9H2,1-2H3,(H,21,25). The van der Waals surface area contributed by atoms with Gasteiger partial charge in [0, 0.05) is 44.0 Å². The zero-order valence-electron chi connectivity index (χ0n) is 15.9. The van der Waals surface area contributed by atoms with Gasteiger partial charge in [-0.25, -0.2) is 0 Å². The molecule has 3 heterocycles. The molecular weight excluding hydrogens is 360 g/mol. The Balaban J connectivity index is 1.49. The first-order chi connectivity index (χ1) is 13.5. The number of carbonyl (C=O) groups excluding carboxylic acids is 2. The number of rotatable bonds is 6. The molecule has 0 aliphatic carbocycles. The summed E-state index contributed by atoms with van der Waals surface area (Å²) in [5.74, 6) is -0.214. The Morgan fingerprint density at radius 3 is 2.96 bits per heavy atom. The van der Waals surface area contributed by atoms with Crippen molar-refractivity contribution in [3.8, 4) is 0 Å². The van der Waals surface area contributed by atoms with Crippen molar-refractivity contribution in [3.63, 3.8) is 0 Å². The minimum atomic E-state index is -0.250. The predicted molar refractivity (Wildman–Crippen MR) is 104 cm³/mol. The zero-order valence-corrected chi connectivity index (χ0v) is 15.9. The molecule has 0 atom stereocenters. The largest absolute Gasteiger partial charge is 0.451 e. The molecule has 2 amide bonds. The Labute approximate surface area is 162 Å². The molecule has 1 aliphatic rings. The molecule has 1 aromatic carbocycles. The van der Waals surface area contributed by atoms with Gasteiger partial charge in [0.1, 0.15) is 5.58 Å². The molecule has 0 spiro atoms. The van der Waals surface area contributed by atoms with Gasteiger partial charge >= 0.3 is 0 Å². The first kappa shape index (κ1) is 18.2. The summed E-state index contributed by atoms with van der Waals surface area (Å²) in [6, 6.07) is 8.79. The second-order valence-corrected chi connectivity index (χ2v) is 6.88. The molecule has 0 unspecified atom stereocenters. The van der Waals surface area contributed by atoms with Gasteiger partial charge in [-0.2, -0.15) is 5.10 Å². The minimum absolute atomic E-state index is 0.216. The molecule has 0 radical (unpaired) electrons. The number of likely N-dealkylation sites (N-methyl/N-ethyl adjacent to an activating group) is 1. The summed E-state index contributed by atoms with van der Waals surface area (Å²) in [4.78, 5) is 26.5. The van der Waals surface area contributed by atoms with Gasteiger partial charge in [0.15, 0.2) is 11.5 Å². The fourth-order valence-electron chi connectivity index (χ4n) is 3.31. The highest BCUT2D eigenvalue weighted by atomic mass is 16.5. The van der Waals surface area contributed by atoms with Crippen molar-refractivity contribution >= 4 is 28.5 Å². The Morgan fingerprint density at radius 2 is 2.18 bits per heavy atom. The maximum Gasteiger partial charge on any atom is 0.289 e.